The number of hydrogen-bond acceptors (Lipinski definition) is 6. The number of rotatable bonds is 4. The molecule has 1 N–H and O–H groups in total. The largest absolute Gasteiger partial charge is 0.497 e. The van der Waals surface area contributed by atoms with Crippen LogP contribution in [0.5, 0.6) is 11.5 Å². The predicted molar refractivity (Wildman–Crippen MR) is 63.5 cm³/mol. The van der Waals surface area contributed by atoms with E-state index in [1.807, 2.05) is 0 Å². The van der Waals surface area contributed by atoms with Crippen molar-refractivity contribution in [3.63, 3.8) is 0 Å². The second-order valence-electron chi connectivity index (χ2n) is 3.38. The number of aliphatic hydroxyl groups excluding tert-OH is 1. The molecule has 0 aliphatic rings. The Morgan fingerprint density at radius 3 is 2.29 bits per heavy atom. The van der Waals surface area contributed by atoms with E-state index in [1.54, 1.807) is 37.8 Å². The second kappa shape index (κ2) is 5.11. The molecule has 5 nitrogen and oxygen atoms in total. The first-order valence-electron chi connectivity index (χ1n) is 4.92. The zero-order chi connectivity index (χ0) is 12.3. The summed E-state index contributed by atoms with van der Waals surface area (Å²) in [5.41, 5.74) is 1.18. The van der Waals surface area contributed by atoms with Crippen molar-refractivity contribution in [2.24, 2.45) is 0 Å². The van der Waals surface area contributed by atoms with Gasteiger partial charge in [0.25, 0.3) is 0 Å². The second-order valence-corrected chi connectivity index (χ2v) is 3.99. The van der Waals surface area contributed by atoms with Gasteiger partial charge in [0, 0.05) is 11.4 Å². The van der Waals surface area contributed by atoms with Gasteiger partial charge in [0.05, 0.1) is 14.2 Å². The van der Waals surface area contributed by atoms with Crippen molar-refractivity contribution in [3.05, 3.63) is 34.8 Å². The van der Waals surface area contributed by atoms with E-state index in [0.717, 1.165) is 0 Å². The molecule has 2 rings (SSSR count). The maximum absolute atomic E-state index is 10.1. The Balaban J connectivity index is 2.37. The zero-order valence-electron chi connectivity index (χ0n) is 9.45. The number of aliphatic hydroxyl groups is 1. The van der Waals surface area contributed by atoms with Crippen LogP contribution >= 0.6 is 11.5 Å². The van der Waals surface area contributed by atoms with Gasteiger partial charge in [-0.1, -0.05) is 4.49 Å². The van der Waals surface area contributed by atoms with Gasteiger partial charge in [-0.2, -0.15) is 0 Å². The van der Waals surface area contributed by atoms with Crippen molar-refractivity contribution in [3.8, 4) is 11.5 Å². The van der Waals surface area contributed by atoms with E-state index >= 15 is 0 Å². The van der Waals surface area contributed by atoms with Crippen molar-refractivity contribution in [2.75, 3.05) is 14.2 Å². The summed E-state index contributed by atoms with van der Waals surface area (Å²) in [6, 6.07) is 5.23. The molecular formula is C11H12N2O3S. The number of nitrogens with zero attached hydrogens (tertiary/aromatic N) is 2. The van der Waals surface area contributed by atoms with Crippen molar-refractivity contribution in [1.29, 1.82) is 0 Å². The van der Waals surface area contributed by atoms with Crippen LogP contribution in [0.3, 0.4) is 0 Å². The first kappa shape index (κ1) is 11.8. The molecule has 0 aliphatic heterocycles. The third-order valence-corrected chi connectivity index (χ3v) is 2.87. The predicted octanol–water partition coefficient (Wildman–Crippen LogP) is 1.64. The standard InChI is InChI=1S/C11H12N2O3S/c1-15-8-3-7(4-9(5-8)16-2)11(14)10-6-17-13-12-10/h3-6,11,14H,1-2H3. The number of methoxy groups -OCH3 is 2. The van der Waals surface area contributed by atoms with Crippen LogP contribution in [0.2, 0.25) is 0 Å². The number of aromatic nitrogens is 2. The van der Waals surface area contributed by atoms with Crippen molar-refractivity contribution >= 4 is 11.5 Å². The molecule has 6 heteroatoms. The summed E-state index contributed by atoms with van der Waals surface area (Å²) in [5, 5.41) is 15.7. The monoisotopic (exact) mass is 252 g/mol. The Hall–Kier alpha value is -1.66. The van der Waals surface area contributed by atoms with Crippen LogP contribution in [0.25, 0.3) is 0 Å². The van der Waals surface area contributed by atoms with Gasteiger partial charge in [-0.3, -0.25) is 0 Å². The highest BCUT2D eigenvalue weighted by Gasteiger charge is 2.15. The van der Waals surface area contributed by atoms with Crippen LogP contribution in [-0.4, -0.2) is 28.9 Å². The molecule has 1 unspecified atom stereocenters. The van der Waals surface area contributed by atoms with Crippen molar-refractivity contribution in [2.45, 2.75) is 6.10 Å². The summed E-state index contributed by atoms with van der Waals surface area (Å²) in [6.07, 6.45) is -0.822. The molecule has 0 radical (unpaired) electrons. The van der Waals surface area contributed by atoms with E-state index < -0.39 is 6.10 Å². The Labute approximate surface area is 103 Å². The fraction of sp³-hybridized carbons (Fsp3) is 0.273. The Morgan fingerprint density at radius 2 is 1.82 bits per heavy atom. The van der Waals surface area contributed by atoms with Gasteiger partial charge in [0.1, 0.15) is 23.3 Å². The molecule has 0 saturated carbocycles. The minimum absolute atomic E-state index is 0.519. The third kappa shape index (κ3) is 2.54. The van der Waals surface area contributed by atoms with E-state index in [4.69, 9.17) is 9.47 Å². The summed E-state index contributed by atoms with van der Waals surface area (Å²) in [7, 11) is 3.13. The molecule has 90 valence electrons. The Morgan fingerprint density at radius 1 is 1.18 bits per heavy atom. The topological polar surface area (TPSA) is 64.5 Å². The minimum Gasteiger partial charge on any atom is -0.497 e. The Kier molecular flexibility index (Phi) is 3.55. The van der Waals surface area contributed by atoms with E-state index in [2.05, 4.69) is 9.59 Å². The lowest BCUT2D eigenvalue weighted by Gasteiger charge is -2.11. The highest BCUT2D eigenvalue weighted by molar-refractivity contribution is 7.03. The maximum Gasteiger partial charge on any atom is 0.124 e. The average molecular weight is 252 g/mol. The van der Waals surface area contributed by atoms with E-state index in [-0.39, 0.29) is 0 Å². The van der Waals surface area contributed by atoms with Crippen LogP contribution in [0.4, 0.5) is 0 Å². The van der Waals surface area contributed by atoms with Gasteiger partial charge < -0.3 is 14.6 Å². The van der Waals surface area contributed by atoms with Crippen LogP contribution in [0.1, 0.15) is 17.4 Å². The fourth-order valence-corrected chi connectivity index (χ4v) is 1.92. The molecule has 1 aromatic carbocycles. The van der Waals surface area contributed by atoms with Crippen LogP contribution in [0, 0.1) is 0 Å². The summed E-state index contributed by atoms with van der Waals surface area (Å²) < 4.78 is 14.0. The SMILES string of the molecule is COc1cc(OC)cc(C(O)c2csnn2)c1. The summed E-state index contributed by atoms with van der Waals surface area (Å²) in [6.45, 7) is 0. The summed E-state index contributed by atoms with van der Waals surface area (Å²) in [4.78, 5) is 0. The van der Waals surface area contributed by atoms with Gasteiger partial charge in [-0.05, 0) is 29.2 Å². The highest BCUT2D eigenvalue weighted by atomic mass is 32.1. The third-order valence-electron chi connectivity index (χ3n) is 2.35. The smallest absolute Gasteiger partial charge is 0.124 e. The molecule has 2 aromatic rings. The fourth-order valence-electron chi connectivity index (χ4n) is 1.45. The molecule has 0 spiro atoms. The van der Waals surface area contributed by atoms with Gasteiger partial charge in [-0.15, -0.1) is 5.10 Å². The first-order valence-corrected chi connectivity index (χ1v) is 5.76. The Bertz CT molecular complexity index is 465. The lowest BCUT2D eigenvalue weighted by molar-refractivity contribution is 0.214. The van der Waals surface area contributed by atoms with E-state index in [9.17, 15) is 5.11 Å². The van der Waals surface area contributed by atoms with Crippen LogP contribution in [0.15, 0.2) is 23.6 Å². The zero-order valence-corrected chi connectivity index (χ0v) is 10.3. The lowest BCUT2D eigenvalue weighted by atomic mass is 10.1. The molecule has 0 fully saturated rings. The van der Waals surface area contributed by atoms with Crippen LogP contribution in [-0.2, 0) is 0 Å². The molecule has 0 saturated heterocycles. The molecule has 0 amide bonds. The molecule has 1 aromatic heterocycles. The molecule has 0 aliphatic carbocycles. The van der Waals surface area contributed by atoms with Gasteiger partial charge in [0.2, 0.25) is 0 Å². The molecule has 1 atom stereocenters. The molecular weight excluding hydrogens is 240 g/mol. The van der Waals surface area contributed by atoms with Gasteiger partial charge in [0.15, 0.2) is 0 Å². The van der Waals surface area contributed by atoms with Crippen LogP contribution < -0.4 is 9.47 Å². The highest BCUT2D eigenvalue weighted by Crippen LogP contribution is 2.29. The summed E-state index contributed by atoms with van der Waals surface area (Å²) in [5.74, 6) is 1.25. The molecule has 0 bridgehead atoms. The molecule has 1 heterocycles. The minimum atomic E-state index is -0.822. The maximum atomic E-state index is 10.1. The number of benzene rings is 1. The van der Waals surface area contributed by atoms with E-state index in [1.165, 1.54) is 11.5 Å². The normalized spacial score (nSPS) is 12.2. The first-order chi connectivity index (χ1) is 8.24. The van der Waals surface area contributed by atoms with E-state index in [0.29, 0.717) is 22.8 Å². The number of ether oxygens (including phenoxy) is 2. The summed E-state index contributed by atoms with van der Waals surface area (Å²) >= 11 is 1.20. The lowest BCUT2D eigenvalue weighted by Crippen LogP contribution is -2.01. The number of hydrogen-bond donors (Lipinski definition) is 1. The molecule has 17 heavy (non-hydrogen) atoms. The quantitative estimate of drug-likeness (QED) is 0.896. The average Bonchev–Trinajstić information content (AvgIpc) is 2.91. The van der Waals surface area contributed by atoms with Gasteiger partial charge >= 0.3 is 0 Å². The van der Waals surface area contributed by atoms with Crippen molar-refractivity contribution in [1.82, 2.24) is 9.59 Å². The van der Waals surface area contributed by atoms with Crippen molar-refractivity contribution < 1.29 is 14.6 Å². The van der Waals surface area contributed by atoms with Gasteiger partial charge in [-0.25, -0.2) is 0 Å².